The highest BCUT2D eigenvalue weighted by Crippen LogP contribution is 2.30. The highest BCUT2D eigenvalue weighted by atomic mass is 16.1. The Morgan fingerprint density at radius 1 is 1.33 bits per heavy atom. The van der Waals surface area contributed by atoms with E-state index in [1.807, 2.05) is 6.92 Å². The fraction of sp³-hybridized carbons (Fsp3) is 0.833. The number of carbonyl (C=O) groups excluding carboxylic acids is 1. The Kier molecular flexibility index (Phi) is 5.87. The van der Waals surface area contributed by atoms with E-state index in [0.717, 1.165) is 30.8 Å². The van der Waals surface area contributed by atoms with Crippen LogP contribution in [-0.2, 0) is 11.2 Å². The zero-order valence-corrected chi connectivity index (χ0v) is 15.1. The lowest BCUT2D eigenvalue weighted by molar-refractivity contribution is -0.122. The minimum absolute atomic E-state index is 0.136. The number of aryl methyl sites for hydroxylation is 2. The molecule has 24 heavy (non-hydrogen) atoms. The number of aromatic amines is 1. The summed E-state index contributed by atoms with van der Waals surface area (Å²) < 4.78 is 0. The van der Waals surface area contributed by atoms with Crippen LogP contribution in [0.15, 0.2) is 0 Å². The van der Waals surface area contributed by atoms with Crippen molar-refractivity contribution in [3.8, 4) is 0 Å². The van der Waals surface area contributed by atoms with Gasteiger partial charge in [-0.2, -0.15) is 5.10 Å². The Hall–Kier alpha value is -1.43. The molecule has 1 aromatic rings. The standard InChI is InChI=1S/C18H31N5O/c1-3-6-14-11-23(15-7-4-5-8-15)12-16(14)20-18(24)10-9-17-19-13(2)21-22-17/h14-16H,3-12H2,1-2H3,(H,20,24)(H,19,21,22)/t14-,16-/m1/s1. The second-order valence-electron chi connectivity index (χ2n) is 7.45. The number of nitrogens with one attached hydrogen (secondary N) is 2. The van der Waals surface area contributed by atoms with E-state index in [-0.39, 0.29) is 5.91 Å². The summed E-state index contributed by atoms with van der Waals surface area (Å²) in [6.07, 6.45) is 8.87. The van der Waals surface area contributed by atoms with Gasteiger partial charge in [0.1, 0.15) is 5.82 Å². The Bertz CT molecular complexity index is 537. The van der Waals surface area contributed by atoms with Crippen LogP contribution in [0, 0.1) is 12.8 Å². The lowest BCUT2D eigenvalue weighted by Crippen LogP contribution is -2.41. The maximum atomic E-state index is 12.4. The van der Waals surface area contributed by atoms with E-state index in [9.17, 15) is 4.79 Å². The maximum absolute atomic E-state index is 12.4. The molecule has 6 heteroatoms. The number of hydrogen-bond acceptors (Lipinski definition) is 4. The second kappa shape index (κ2) is 8.10. The first-order chi connectivity index (χ1) is 11.7. The Balaban J connectivity index is 1.50. The van der Waals surface area contributed by atoms with Gasteiger partial charge in [-0.3, -0.25) is 14.8 Å². The van der Waals surface area contributed by atoms with Crippen LogP contribution in [0.1, 0.15) is 63.5 Å². The average molecular weight is 333 g/mol. The molecule has 0 spiro atoms. The van der Waals surface area contributed by atoms with Gasteiger partial charge in [-0.15, -0.1) is 0 Å². The molecule has 1 saturated heterocycles. The van der Waals surface area contributed by atoms with Crippen LogP contribution in [0.4, 0.5) is 0 Å². The van der Waals surface area contributed by atoms with E-state index in [2.05, 4.69) is 32.3 Å². The highest BCUT2D eigenvalue weighted by molar-refractivity contribution is 5.76. The molecule has 1 saturated carbocycles. The first-order valence-electron chi connectivity index (χ1n) is 9.57. The van der Waals surface area contributed by atoms with Gasteiger partial charge in [0.2, 0.25) is 5.91 Å². The fourth-order valence-corrected chi connectivity index (χ4v) is 4.30. The number of hydrogen-bond donors (Lipinski definition) is 2. The van der Waals surface area contributed by atoms with E-state index < -0.39 is 0 Å². The number of rotatable bonds is 7. The van der Waals surface area contributed by atoms with Gasteiger partial charge in [0, 0.05) is 38.0 Å². The largest absolute Gasteiger partial charge is 0.352 e. The first-order valence-corrected chi connectivity index (χ1v) is 9.57. The predicted octanol–water partition coefficient (Wildman–Crippen LogP) is 2.21. The van der Waals surface area contributed by atoms with E-state index in [1.165, 1.54) is 38.5 Å². The van der Waals surface area contributed by atoms with Crippen molar-refractivity contribution in [1.29, 1.82) is 0 Å². The molecule has 6 nitrogen and oxygen atoms in total. The third-order valence-corrected chi connectivity index (χ3v) is 5.54. The number of nitrogens with zero attached hydrogens (tertiary/aromatic N) is 3. The number of H-pyrrole nitrogens is 1. The summed E-state index contributed by atoms with van der Waals surface area (Å²) >= 11 is 0. The molecule has 3 rings (SSSR count). The van der Waals surface area contributed by atoms with Gasteiger partial charge in [0.25, 0.3) is 0 Å². The van der Waals surface area contributed by atoms with Gasteiger partial charge in [-0.05, 0) is 32.1 Å². The third kappa shape index (κ3) is 4.35. The van der Waals surface area contributed by atoms with Gasteiger partial charge in [-0.1, -0.05) is 26.2 Å². The molecule has 1 aromatic heterocycles. The van der Waals surface area contributed by atoms with Crippen molar-refractivity contribution in [2.75, 3.05) is 13.1 Å². The van der Waals surface area contributed by atoms with E-state index >= 15 is 0 Å². The van der Waals surface area contributed by atoms with Crippen molar-refractivity contribution in [2.45, 2.75) is 77.3 Å². The molecule has 2 atom stereocenters. The highest BCUT2D eigenvalue weighted by Gasteiger charge is 2.36. The van der Waals surface area contributed by atoms with Gasteiger partial charge < -0.3 is 5.32 Å². The molecule has 1 aliphatic heterocycles. The monoisotopic (exact) mass is 333 g/mol. The summed E-state index contributed by atoms with van der Waals surface area (Å²) in [6.45, 7) is 6.30. The summed E-state index contributed by atoms with van der Waals surface area (Å²) in [5.74, 6) is 2.27. The molecule has 2 N–H and O–H groups in total. The van der Waals surface area contributed by atoms with Crippen LogP contribution >= 0.6 is 0 Å². The smallest absolute Gasteiger partial charge is 0.220 e. The Morgan fingerprint density at radius 2 is 2.12 bits per heavy atom. The molecule has 0 aromatic carbocycles. The lowest BCUT2D eigenvalue weighted by Gasteiger charge is -2.23. The van der Waals surface area contributed by atoms with Crippen molar-refractivity contribution in [2.24, 2.45) is 5.92 Å². The van der Waals surface area contributed by atoms with Crippen LogP contribution in [0.3, 0.4) is 0 Å². The topological polar surface area (TPSA) is 73.9 Å². The first kappa shape index (κ1) is 17.4. The Morgan fingerprint density at radius 3 is 2.79 bits per heavy atom. The quantitative estimate of drug-likeness (QED) is 0.802. The third-order valence-electron chi connectivity index (χ3n) is 5.54. The van der Waals surface area contributed by atoms with Crippen molar-refractivity contribution in [3.05, 3.63) is 11.6 Å². The zero-order chi connectivity index (χ0) is 16.9. The van der Waals surface area contributed by atoms with Crippen LogP contribution in [0.25, 0.3) is 0 Å². The number of likely N-dealkylation sites (tertiary alicyclic amines) is 1. The molecule has 2 fully saturated rings. The average Bonchev–Trinajstić information content (AvgIpc) is 3.27. The predicted molar refractivity (Wildman–Crippen MR) is 93.6 cm³/mol. The molecule has 2 aliphatic rings. The molecule has 0 bridgehead atoms. The van der Waals surface area contributed by atoms with Crippen molar-refractivity contribution >= 4 is 5.91 Å². The summed E-state index contributed by atoms with van der Waals surface area (Å²) in [4.78, 5) is 19.3. The molecule has 2 heterocycles. The van der Waals surface area contributed by atoms with E-state index in [1.54, 1.807) is 0 Å². The molecule has 0 unspecified atom stereocenters. The van der Waals surface area contributed by atoms with Crippen molar-refractivity contribution in [3.63, 3.8) is 0 Å². The normalized spacial score (nSPS) is 25.4. The summed E-state index contributed by atoms with van der Waals surface area (Å²) in [5, 5.41) is 10.2. The molecular formula is C18H31N5O. The number of aromatic nitrogens is 3. The minimum Gasteiger partial charge on any atom is -0.352 e. The van der Waals surface area contributed by atoms with Gasteiger partial charge in [0.15, 0.2) is 5.82 Å². The number of amides is 1. The summed E-state index contributed by atoms with van der Waals surface area (Å²) in [7, 11) is 0. The van der Waals surface area contributed by atoms with Crippen molar-refractivity contribution < 1.29 is 4.79 Å². The molecule has 1 aliphatic carbocycles. The Labute approximate surface area is 144 Å². The van der Waals surface area contributed by atoms with Gasteiger partial charge in [0.05, 0.1) is 0 Å². The lowest BCUT2D eigenvalue weighted by atomic mass is 9.98. The maximum Gasteiger partial charge on any atom is 0.220 e. The summed E-state index contributed by atoms with van der Waals surface area (Å²) in [5.41, 5.74) is 0. The van der Waals surface area contributed by atoms with E-state index in [0.29, 0.717) is 24.8 Å². The zero-order valence-electron chi connectivity index (χ0n) is 15.1. The molecule has 0 radical (unpaired) electrons. The van der Waals surface area contributed by atoms with E-state index in [4.69, 9.17) is 0 Å². The minimum atomic E-state index is 0.136. The molecule has 134 valence electrons. The SMILES string of the molecule is CCC[C@@H]1CN(C2CCCC2)C[C@H]1NC(=O)CCc1n[nH]c(C)n1. The molecule has 1 amide bonds. The van der Waals surface area contributed by atoms with Gasteiger partial charge in [-0.25, -0.2) is 4.98 Å². The van der Waals surface area contributed by atoms with Crippen LogP contribution in [0.5, 0.6) is 0 Å². The second-order valence-corrected chi connectivity index (χ2v) is 7.45. The van der Waals surface area contributed by atoms with Gasteiger partial charge >= 0.3 is 0 Å². The fourth-order valence-electron chi connectivity index (χ4n) is 4.30. The van der Waals surface area contributed by atoms with Crippen LogP contribution in [0.2, 0.25) is 0 Å². The number of carbonyl (C=O) groups is 1. The van der Waals surface area contributed by atoms with Crippen molar-refractivity contribution in [1.82, 2.24) is 25.4 Å². The summed E-state index contributed by atoms with van der Waals surface area (Å²) in [6, 6.07) is 1.06. The van der Waals surface area contributed by atoms with Crippen LogP contribution in [-0.4, -0.2) is 51.2 Å². The molecular weight excluding hydrogens is 302 g/mol. The van der Waals surface area contributed by atoms with Crippen LogP contribution < -0.4 is 5.32 Å².